The van der Waals surface area contributed by atoms with Crippen LogP contribution in [-0.4, -0.2) is 12.1 Å². The lowest BCUT2D eigenvalue weighted by molar-refractivity contribution is -0.130. The van der Waals surface area contributed by atoms with Gasteiger partial charge in [0.2, 0.25) is 0 Å². The first-order valence-corrected chi connectivity index (χ1v) is 4.44. The molecule has 0 radical (unpaired) electrons. The van der Waals surface area contributed by atoms with E-state index in [4.69, 9.17) is 0 Å². The molecule has 1 saturated carbocycles. The van der Waals surface area contributed by atoms with E-state index < -0.39 is 0 Å². The fraction of sp³-hybridized carbons (Fsp3) is 0.800. The molecule has 0 saturated heterocycles. The van der Waals surface area contributed by atoms with Crippen LogP contribution < -0.4 is 0 Å². The van der Waals surface area contributed by atoms with Crippen LogP contribution >= 0.6 is 0 Å². The maximum atomic E-state index is 11.2. The number of rotatable bonds is 1. The molecule has 0 unspecified atom stereocenters. The maximum Gasteiger partial charge on any atom is 0.133 e. The Morgan fingerprint density at radius 2 is 2.08 bits per heavy atom. The second-order valence-electron chi connectivity index (χ2n) is 4.55. The largest absolute Gasteiger partial charge is 0.303 e. The minimum Gasteiger partial charge on any atom is -0.303 e. The van der Waals surface area contributed by atoms with Gasteiger partial charge in [-0.2, -0.15) is 0 Å². The Kier molecular flexibility index (Phi) is 2.36. The van der Waals surface area contributed by atoms with Crippen molar-refractivity contribution >= 4 is 12.1 Å². The van der Waals surface area contributed by atoms with E-state index in [9.17, 15) is 9.59 Å². The van der Waals surface area contributed by atoms with Crippen LogP contribution in [0.4, 0.5) is 0 Å². The Hall–Kier alpha value is -0.660. The Morgan fingerprint density at radius 1 is 1.50 bits per heavy atom. The third-order valence-corrected chi connectivity index (χ3v) is 2.86. The molecular formula is C10H16O2. The predicted octanol–water partition coefficient (Wildman–Crippen LogP) is 1.83. The summed E-state index contributed by atoms with van der Waals surface area (Å²) in [4.78, 5) is 22.0. The van der Waals surface area contributed by atoms with Crippen LogP contribution in [0.1, 0.15) is 33.6 Å². The van der Waals surface area contributed by atoms with Crippen LogP contribution in [0.5, 0.6) is 0 Å². The molecule has 0 heterocycles. The molecule has 0 aromatic carbocycles. The van der Waals surface area contributed by atoms with Crippen molar-refractivity contribution in [3.8, 4) is 0 Å². The number of Topliss-reactive ketones (excluding diaryl/α,β-unsaturated/α-hetero) is 1. The number of hydrogen-bond acceptors (Lipinski definition) is 2. The fourth-order valence-corrected chi connectivity index (χ4v) is 2.27. The molecule has 68 valence electrons. The standard InChI is InChI=1S/C10H16O2/c1-7-4-8(12)5-10(2,3)9(7)6-11/h6-7,9H,4-5H2,1-3H3/t7-,9+/m0/s1. The van der Waals surface area contributed by atoms with E-state index in [2.05, 4.69) is 0 Å². The zero-order chi connectivity index (χ0) is 9.35. The normalized spacial score (nSPS) is 34.8. The summed E-state index contributed by atoms with van der Waals surface area (Å²) < 4.78 is 0. The summed E-state index contributed by atoms with van der Waals surface area (Å²) >= 11 is 0. The van der Waals surface area contributed by atoms with E-state index in [0.29, 0.717) is 18.6 Å². The third kappa shape index (κ3) is 1.57. The van der Waals surface area contributed by atoms with Crippen LogP contribution in [0.2, 0.25) is 0 Å². The SMILES string of the molecule is C[C@H]1CC(=O)CC(C)(C)[C@@H]1C=O. The van der Waals surface area contributed by atoms with E-state index in [1.54, 1.807) is 0 Å². The molecule has 0 aliphatic heterocycles. The number of carbonyl (C=O) groups is 2. The first kappa shape index (κ1) is 9.43. The van der Waals surface area contributed by atoms with Crippen molar-refractivity contribution in [3.05, 3.63) is 0 Å². The van der Waals surface area contributed by atoms with Crippen molar-refractivity contribution < 1.29 is 9.59 Å². The highest BCUT2D eigenvalue weighted by Gasteiger charge is 2.40. The molecule has 1 fully saturated rings. The van der Waals surface area contributed by atoms with Gasteiger partial charge in [-0.05, 0) is 11.3 Å². The lowest BCUT2D eigenvalue weighted by Crippen LogP contribution is -2.38. The topological polar surface area (TPSA) is 34.1 Å². The molecule has 1 aliphatic carbocycles. The Morgan fingerprint density at radius 3 is 2.50 bits per heavy atom. The van der Waals surface area contributed by atoms with Gasteiger partial charge in [0.05, 0.1) is 0 Å². The predicted molar refractivity (Wildman–Crippen MR) is 46.7 cm³/mol. The Bertz CT molecular complexity index is 206. The summed E-state index contributed by atoms with van der Waals surface area (Å²) in [6.45, 7) is 5.98. The smallest absolute Gasteiger partial charge is 0.133 e. The molecule has 0 spiro atoms. The molecule has 0 amide bonds. The van der Waals surface area contributed by atoms with Gasteiger partial charge in [0.15, 0.2) is 0 Å². The minimum absolute atomic E-state index is 0.0511. The molecule has 0 N–H and O–H groups in total. The van der Waals surface area contributed by atoms with Gasteiger partial charge in [0.25, 0.3) is 0 Å². The van der Waals surface area contributed by atoms with E-state index in [0.717, 1.165) is 6.29 Å². The summed E-state index contributed by atoms with van der Waals surface area (Å²) in [6.07, 6.45) is 2.14. The maximum absolute atomic E-state index is 11.2. The van der Waals surface area contributed by atoms with Crippen LogP contribution in [0.15, 0.2) is 0 Å². The molecule has 0 aromatic heterocycles. The van der Waals surface area contributed by atoms with Gasteiger partial charge in [-0.3, -0.25) is 4.79 Å². The van der Waals surface area contributed by atoms with Crippen molar-refractivity contribution in [3.63, 3.8) is 0 Å². The minimum atomic E-state index is -0.128. The summed E-state index contributed by atoms with van der Waals surface area (Å²) in [7, 11) is 0. The molecular weight excluding hydrogens is 152 g/mol. The lowest BCUT2D eigenvalue weighted by Gasteiger charge is -2.38. The first-order chi connectivity index (χ1) is 5.47. The highest BCUT2D eigenvalue weighted by Crippen LogP contribution is 2.40. The van der Waals surface area contributed by atoms with Gasteiger partial charge >= 0.3 is 0 Å². The van der Waals surface area contributed by atoms with Crippen molar-refractivity contribution in [2.45, 2.75) is 33.6 Å². The zero-order valence-electron chi connectivity index (χ0n) is 7.96. The number of aldehydes is 1. The quantitative estimate of drug-likeness (QED) is 0.560. The van der Waals surface area contributed by atoms with Crippen molar-refractivity contribution in [2.24, 2.45) is 17.3 Å². The number of ketones is 1. The molecule has 2 heteroatoms. The average molecular weight is 168 g/mol. The summed E-state index contributed by atoms with van der Waals surface area (Å²) in [6, 6.07) is 0. The lowest BCUT2D eigenvalue weighted by atomic mass is 9.64. The second-order valence-corrected chi connectivity index (χ2v) is 4.55. The highest BCUT2D eigenvalue weighted by molar-refractivity contribution is 5.81. The van der Waals surface area contributed by atoms with Crippen LogP contribution in [0, 0.1) is 17.3 Å². The molecule has 0 aromatic rings. The fourth-order valence-electron chi connectivity index (χ4n) is 2.27. The van der Waals surface area contributed by atoms with Crippen molar-refractivity contribution in [2.75, 3.05) is 0 Å². The second kappa shape index (κ2) is 3.00. The van der Waals surface area contributed by atoms with E-state index >= 15 is 0 Å². The Balaban J connectivity index is 2.84. The third-order valence-electron chi connectivity index (χ3n) is 2.86. The molecule has 0 bridgehead atoms. The molecule has 2 atom stereocenters. The number of hydrogen-bond donors (Lipinski definition) is 0. The molecule has 2 nitrogen and oxygen atoms in total. The highest BCUT2D eigenvalue weighted by atomic mass is 16.1. The van der Waals surface area contributed by atoms with Crippen LogP contribution in [-0.2, 0) is 9.59 Å². The summed E-state index contributed by atoms with van der Waals surface area (Å²) in [5, 5.41) is 0. The monoisotopic (exact) mass is 168 g/mol. The van der Waals surface area contributed by atoms with Crippen molar-refractivity contribution in [1.82, 2.24) is 0 Å². The van der Waals surface area contributed by atoms with Gasteiger partial charge in [0.1, 0.15) is 12.1 Å². The van der Waals surface area contributed by atoms with Gasteiger partial charge in [-0.15, -0.1) is 0 Å². The summed E-state index contributed by atoms with van der Waals surface area (Å²) in [5.41, 5.74) is -0.128. The zero-order valence-corrected chi connectivity index (χ0v) is 7.96. The number of carbonyl (C=O) groups excluding carboxylic acids is 2. The van der Waals surface area contributed by atoms with E-state index in [-0.39, 0.29) is 17.3 Å². The van der Waals surface area contributed by atoms with Gasteiger partial charge in [0, 0.05) is 18.8 Å². The van der Waals surface area contributed by atoms with Gasteiger partial charge < -0.3 is 4.79 Å². The first-order valence-electron chi connectivity index (χ1n) is 4.44. The Labute approximate surface area is 73.3 Å². The van der Waals surface area contributed by atoms with E-state index in [1.807, 2.05) is 20.8 Å². The van der Waals surface area contributed by atoms with Gasteiger partial charge in [-0.25, -0.2) is 0 Å². The molecule has 1 rings (SSSR count). The van der Waals surface area contributed by atoms with Crippen molar-refractivity contribution in [1.29, 1.82) is 0 Å². The van der Waals surface area contributed by atoms with Crippen LogP contribution in [0.3, 0.4) is 0 Å². The van der Waals surface area contributed by atoms with E-state index in [1.165, 1.54) is 0 Å². The molecule has 1 aliphatic rings. The van der Waals surface area contributed by atoms with Crippen LogP contribution in [0.25, 0.3) is 0 Å². The average Bonchev–Trinajstić information content (AvgIpc) is 1.82. The molecule has 12 heavy (non-hydrogen) atoms. The van der Waals surface area contributed by atoms with Gasteiger partial charge in [-0.1, -0.05) is 20.8 Å². The summed E-state index contributed by atoms with van der Waals surface area (Å²) in [5.74, 6) is 0.569.